The molecule has 4 N–H and O–H groups in total. The molecule has 0 amide bonds. The third kappa shape index (κ3) is 4.74. The highest BCUT2D eigenvalue weighted by Gasteiger charge is 2.35. The summed E-state index contributed by atoms with van der Waals surface area (Å²) >= 11 is 0. The minimum Gasteiger partial charge on any atom is -0.390 e. The monoisotopic (exact) mass is 296 g/mol. The summed E-state index contributed by atoms with van der Waals surface area (Å²) in [6, 6.07) is 6.16. The molecular formula is C16H25FN2O2. The Labute approximate surface area is 125 Å². The summed E-state index contributed by atoms with van der Waals surface area (Å²) in [5, 5.41) is 22.2. The van der Waals surface area contributed by atoms with Crippen molar-refractivity contribution in [2.24, 2.45) is 5.73 Å². The number of hydrogen-bond acceptors (Lipinski definition) is 4. The largest absolute Gasteiger partial charge is 0.390 e. The van der Waals surface area contributed by atoms with Gasteiger partial charge in [-0.3, -0.25) is 0 Å². The van der Waals surface area contributed by atoms with E-state index < -0.39 is 5.60 Å². The van der Waals surface area contributed by atoms with E-state index in [1.54, 1.807) is 12.1 Å². The number of halogens is 1. The van der Waals surface area contributed by atoms with Gasteiger partial charge in [-0.15, -0.1) is 0 Å². The van der Waals surface area contributed by atoms with Crippen LogP contribution in [0.25, 0.3) is 0 Å². The lowest BCUT2D eigenvalue weighted by Gasteiger charge is -2.31. The molecule has 0 aromatic heterocycles. The maximum Gasteiger partial charge on any atom is 0.123 e. The number of aliphatic hydroxyl groups is 1. The molecule has 0 radical (unpaired) electrons. The molecule has 4 nitrogen and oxygen atoms in total. The molecule has 0 saturated carbocycles. The zero-order chi connectivity index (χ0) is 15.3. The third-order valence-corrected chi connectivity index (χ3v) is 4.30. The molecule has 1 aliphatic rings. The Balaban J connectivity index is 2.05. The smallest absolute Gasteiger partial charge is 0.123 e. The summed E-state index contributed by atoms with van der Waals surface area (Å²) in [4.78, 5) is 0. The molecule has 0 spiro atoms. The van der Waals surface area contributed by atoms with Crippen molar-refractivity contribution in [2.75, 3.05) is 13.1 Å². The van der Waals surface area contributed by atoms with Crippen molar-refractivity contribution in [3.8, 4) is 0 Å². The van der Waals surface area contributed by atoms with Crippen LogP contribution >= 0.6 is 0 Å². The first-order valence-electron chi connectivity index (χ1n) is 7.65. The van der Waals surface area contributed by atoms with E-state index in [0.717, 1.165) is 18.4 Å². The number of nitrogens with two attached hydrogens (primary N) is 1. The predicted molar refractivity (Wildman–Crippen MR) is 79.5 cm³/mol. The molecule has 1 aromatic carbocycles. The third-order valence-electron chi connectivity index (χ3n) is 4.30. The van der Waals surface area contributed by atoms with Crippen LogP contribution in [0.3, 0.4) is 0 Å². The van der Waals surface area contributed by atoms with Gasteiger partial charge >= 0.3 is 0 Å². The summed E-state index contributed by atoms with van der Waals surface area (Å²) in [6.45, 7) is 1.12. The second kappa shape index (κ2) is 7.31. The van der Waals surface area contributed by atoms with Crippen LogP contribution in [0.15, 0.2) is 24.3 Å². The molecule has 2 atom stereocenters. The number of hydroxylamine groups is 2. The first-order valence-corrected chi connectivity index (χ1v) is 7.65. The van der Waals surface area contributed by atoms with Gasteiger partial charge in [-0.25, -0.2) is 4.39 Å². The Morgan fingerprint density at radius 3 is 2.71 bits per heavy atom. The topological polar surface area (TPSA) is 69.7 Å². The Hall–Kier alpha value is -1.01. The minimum atomic E-state index is -0.762. The maximum atomic E-state index is 13.0. The fourth-order valence-electron chi connectivity index (χ4n) is 3.13. The van der Waals surface area contributed by atoms with Crippen molar-refractivity contribution < 1.29 is 14.7 Å². The summed E-state index contributed by atoms with van der Waals surface area (Å²) in [6.07, 6.45) is 4.01. The number of benzene rings is 1. The lowest BCUT2D eigenvalue weighted by Crippen LogP contribution is -2.39. The van der Waals surface area contributed by atoms with Crippen LogP contribution in [0.2, 0.25) is 0 Å². The summed E-state index contributed by atoms with van der Waals surface area (Å²) in [7, 11) is 0. The van der Waals surface area contributed by atoms with E-state index in [2.05, 4.69) is 0 Å². The molecule has 1 heterocycles. The predicted octanol–water partition coefficient (Wildman–Crippen LogP) is 2.08. The molecular weight excluding hydrogens is 271 g/mol. The zero-order valence-corrected chi connectivity index (χ0v) is 12.3. The van der Waals surface area contributed by atoms with Crippen molar-refractivity contribution >= 4 is 0 Å². The van der Waals surface area contributed by atoms with E-state index in [-0.39, 0.29) is 11.9 Å². The van der Waals surface area contributed by atoms with Crippen molar-refractivity contribution in [1.29, 1.82) is 0 Å². The second-order valence-corrected chi connectivity index (χ2v) is 6.07. The van der Waals surface area contributed by atoms with Crippen LogP contribution in [-0.2, 0) is 6.42 Å². The molecule has 0 aliphatic carbocycles. The molecule has 118 valence electrons. The van der Waals surface area contributed by atoms with Crippen molar-refractivity contribution in [3.63, 3.8) is 0 Å². The van der Waals surface area contributed by atoms with E-state index >= 15 is 0 Å². The van der Waals surface area contributed by atoms with Crippen LogP contribution in [0, 0.1) is 5.82 Å². The van der Waals surface area contributed by atoms with Gasteiger partial charge < -0.3 is 16.0 Å². The highest BCUT2D eigenvalue weighted by molar-refractivity contribution is 5.17. The fraction of sp³-hybridized carbons (Fsp3) is 0.625. The van der Waals surface area contributed by atoms with Crippen LogP contribution in [0.1, 0.15) is 37.7 Å². The molecule has 1 aliphatic heterocycles. The standard InChI is InChI=1S/C16H25FN2O2/c17-14-5-3-13(4-6-14)11-15-12-16(20,7-1-9-18)8-2-10-19(15)21/h3-6,15,20-21H,1-2,7-12,18H2. The van der Waals surface area contributed by atoms with Gasteiger partial charge in [-0.1, -0.05) is 12.1 Å². The highest BCUT2D eigenvalue weighted by atomic mass is 19.1. The Bertz CT molecular complexity index is 436. The molecule has 2 unspecified atom stereocenters. The molecule has 2 rings (SSSR count). The van der Waals surface area contributed by atoms with E-state index in [1.807, 2.05) is 0 Å². The molecule has 1 aromatic rings. The van der Waals surface area contributed by atoms with Crippen LogP contribution in [-0.4, -0.2) is 40.1 Å². The Morgan fingerprint density at radius 2 is 2.05 bits per heavy atom. The van der Waals surface area contributed by atoms with E-state index in [1.165, 1.54) is 17.2 Å². The molecule has 5 heteroatoms. The SMILES string of the molecule is NCCCC1(O)CCCN(O)C(Cc2ccc(F)cc2)C1. The van der Waals surface area contributed by atoms with Gasteiger partial charge in [-0.2, -0.15) is 5.06 Å². The summed E-state index contributed by atoms with van der Waals surface area (Å²) in [5.74, 6) is -0.264. The molecule has 21 heavy (non-hydrogen) atoms. The first-order chi connectivity index (χ1) is 10.0. The van der Waals surface area contributed by atoms with Gasteiger partial charge in [0, 0.05) is 12.6 Å². The molecule has 1 saturated heterocycles. The van der Waals surface area contributed by atoms with Crippen molar-refractivity contribution in [1.82, 2.24) is 5.06 Å². The van der Waals surface area contributed by atoms with Crippen LogP contribution < -0.4 is 5.73 Å². The lowest BCUT2D eigenvalue weighted by atomic mass is 9.85. The Morgan fingerprint density at radius 1 is 1.33 bits per heavy atom. The second-order valence-electron chi connectivity index (χ2n) is 6.07. The average Bonchev–Trinajstić information content (AvgIpc) is 2.59. The van der Waals surface area contributed by atoms with Gasteiger partial charge in [-0.05, 0) is 62.8 Å². The van der Waals surface area contributed by atoms with Gasteiger partial charge in [0.25, 0.3) is 0 Å². The number of rotatable bonds is 5. The first kappa shape index (κ1) is 16.4. The average molecular weight is 296 g/mol. The zero-order valence-electron chi connectivity index (χ0n) is 12.3. The molecule has 0 bridgehead atoms. The Kier molecular flexibility index (Phi) is 5.70. The molecule has 1 fully saturated rings. The summed E-state index contributed by atoms with van der Waals surface area (Å²) < 4.78 is 13.0. The van der Waals surface area contributed by atoms with Gasteiger partial charge in [0.15, 0.2) is 0 Å². The van der Waals surface area contributed by atoms with E-state index in [0.29, 0.717) is 38.8 Å². The van der Waals surface area contributed by atoms with Gasteiger partial charge in [0.2, 0.25) is 0 Å². The fourth-order valence-corrected chi connectivity index (χ4v) is 3.13. The highest BCUT2D eigenvalue weighted by Crippen LogP contribution is 2.31. The van der Waals surface area contributed by atoms with Crippen molar-refractivity contribution in [2.45, 2.75) is 50.2 Å². The van der Waals surface area contributed by atoms with Crippen LogP contribution in [0.4, 0.5) is 4.39 Å². The van der Waals surface area contributed by atoms with Crippen LogP contribution in [0.5, 0.6) is 0 Å². The number of hydrogen-bond donors (Lipinski definition) is 3. The van der Waals surface area contributed by atoms with Gasteiger partial charge in [0.05, 0.1) is 5.60 Å². The van der Waals surface area contributed by atoms with E-state index in [9.17, 15) is 14.7 Å². The summed E-state index contributed by atoms with van der Waals surface area (Å²) in [5.41, 5.74) is 5.74. The van der Waals surface area contributed by atoms with Crippen molar-refractivity contribution in [3.05, 3.63) is 35.6 Å². The maximum absolute atomic E-state index is 13.0. The van der Waals surface area contributed by atoms with Gasteiger partial charge in [0.1, 0.15) is 5.82 Å². The lowest BCUT2D eigenvalue weighted by molar-refractivity contribution is -0.132. The normalized spacial score (nSPS) is 27.5. The quantitative estimate of drug-likeness (QED) is 0.778. The minimum absolute atomic E-state index is 0.152. The number of nitrogens with zero attached hydrogens (tertiary/aromatic N) is 1. The van der Waals surface area contributed by atoms with E-state index in [4.69, 9.17) is 5.73 Å².